The first-order valence-electron chi connectivity index (χ1n) is 8.48. The Morgan fingerprint density at radius 2 is 2.07 bits per heavy atom. The summed E-state index contributed by atoms with van der Waals surface area (Å²) in [5.41, 5.74) is 1.71. The largest absolute Gasteiger partial charge is 0.471 e. The van der Waals surface area contributed by atoms with Gasteiger partial charge in [-0.15, -0.1) is 11.3 Å². The first-order chi connectivity index (χ1) is 13.4. The van der Waals surface area contributed by atoms with Gasteiger partial charge < -0.3 is 9.84 Å². The van der Waals surface area contributed by atoms with Crippen molar-refractivity contribution in [3.05, 3.63) is 52.7 Å². The van der Waals surface area contributed by atoms with E-state index in [2.05, 4.69) is 20.0 Å². The molecule has 0 atom stereocenters. The van der Waals surface area contributed by atoms with E-state index in [1.54, 1.807) is 6.07 Å². The summed E-state index contributed by atoms with van der Waals surface area (Å²) in [5.74, 6) is -1.54. The molecule has 2 aromatic heterocycles. The van der Waals surface area contributed by atoms with Crippen LogP contribution in [-0.4, -0.2) is 34.0 Å². The van der Waals surface area contributed by atoms with Gasteiger partial charge in [-0.25, -0.2) is 0 Å². The van der Waals surface area contributed by atoms with Gasteiger partial charge in [0.2, 0.25) is 11.7 Å². The Bertz CT molecular complexity index is 984. The molecule has 0 radical (unpaired) electrons. The number of hydrogen-bond donors (Lipinski definition) is 1. The topological polar surface area (TPSA) is 71.3 Å². The fourth-order valence-corrected chi connectivity index (χ4v) is 4.09. The van der Waals surface area contributed by atoms with Crippen molar-refractivity contribution in [2.45, 2.75) is 19.1 Å². The van der Waals surface area contributed by atoms with Gasteiger partial charge in [-0.1, -0.05) is 23.4 Å². The molecule has 4 rings (SSSR count). The maximum Gasteiger partial charge on any atom is 0.471 e. The third-order valence-corrected chi connectivity index (χ3v) is 5.49. The first kappa shape index (κ1) is 18.6. The standard InChI is InChI=1S/C18H15F3N4O2S/c19-18(20,21)17-23-16(24-27-17)14-8-11-9-25(7-6-13(11)28-14)10-15(26)22-12-4-2-1-3-5-12/h1-5,8H,6-7,9-10H2,(H,22,26). The molecule has 0 unspecified atom stereocenters. The second kappa shape index (κ2) is 7.36. The van der Waals surface area contributed by atoms with Crippen LogP contribution in [0.5, 0.6) is 0 Å². The molecule has 1 N–H and O–H groups in total. The van der Waals surface area contributed by atoms with E-state index in [4.69, 9.17) is 0 Å². The lowest BCUT2D eigenvalue weighted by molar-refractivity contribution is -0.159. The maximum absolute atomic E-state index is 12.6. The first-order valence-corrected chi connectivity index (χ1v) is 9.30. The van der Waals surface area contributed by atoms with E-state index in [0.29, 0.717) is 24.4 Å². The Morgan fingerprint density at radius 1 is 1.29 bits per heavy atom. The molecule has 28 heavy (non-hydrogen) atoms. The molecule has 10 heteroatoms. The molecule has 0 bridgehead atoms. The van der Waals surface area contributed by atoms with Crippen LogP contribution in [0.15, 0.2) is 40.9 Å². The zero-order valence-corrected chi connectivity index (χ0v) is 15.3. The minimum atomic E-state index is -4.66. The summed E-state index contributed by atoms with van der Waals surface area (Å²) < 4.78 is 42.2. The summed E-state index contributed by atoms with van der Waals surface area (Å²) in [7, 11) is 0. The van der Waals surface area contributed by atoms with Crippen molar-refractivity contribution in [3.63, 3.8) is 0 Å². The van der Waals surface area contributed by atoms with Gasteiger partial charge in [0.25, 0.3) is 0 Å². The van der Waals surface area contributed by atoms with Crippen LogP contribution in [0.25, 0.3) is 10.7 Å². The number of benzene rings is 1. The van der Waals surface area contributed by atoms with Crippen LogP contribution < -0.4 is 5.32 Å². The predicted octanol–water partition coefficient (Wildman–Crippen LogP) is 3.81. The zero-order valence-electron chi connectivity index (χ0n) is 14.5. The highest BCUT2D eigenvalue weighted by Crippen LogP contribution is 2.35. The molecular formula is C18H15F3N4O2S. The third-order valence-electron chi connectivity index (χ3n) is 4.26. The van der Waals surface area contributed by atoms with Crippen LogP contribution >= 0.6 is 11.3 Å². The summed E-state index contributed by atoms with van der Waals surface area (Å²) in [6.45, 7) is 1.47. The fourth-order valence-electron chi connectivity index (χ4n) is 3.00. The van der Waals surface area contributed by atoms with Crippen molar-refractivity contribution in [3.8, 4) is 10.7 Å². The van der Waals surface area contributed by atoms with Crippen molar-refractivity contribution < 1.29 is 22.5 Å². The molecule has 3 heterocycles. The molecule has 1 aliphatic rings. The Morgan fingerprint density at radius 3 is 2.79 bits per heavy atom. The van der Waals surface area contributed by atoms with Crippen LogP contribution in [0.2, 0.25) is 0 Å². The van der Waals surface area contributed by atoms with Crippen molar-refractivity contribution in [2.24, 2.45) is 0 Å². The van der Waals surface area contributed by atoms with E-state index in [1.807, 2.05) is 35.2 Å². The van der Waals surface area contributed by atoms with E-state index < -0.39 is 12.1 Å². The van der Waals surface area contributed by atoms with Crippen LogP contribution in [0, 0.1) is 0 Å². The van der Waals surface area contributed by atoms with Crippen LogP contribution in [0.3, 0.4) is 0 Å². The maximum atomic E-state index is 12.6. The zero-order chi connectivity index (χ0) is 19.7. The molecule has 6 nitrogen and oxygen atoms in total. The molecular weight excluding hydrogens is 393 g/mol. The van der Waals surface area contributed by atoms with Crippen molar-refractivity contribution >= 4 is 22.9 Å². The van der Waals surface area contributed by atoms with Gasteiger partial charge in [-0.05, 0) is 30.2 Å². The molecule has 146 valence electrons. The van der Waals surface area contributed by atoms with Gasteiger partial charge in [0, 0.05) is 23.7 Å². The normalized spacial score (nSPS) is 14.7. The summed E-state index contributed by atoms with van der Waals surface area (Å²) in [4.78, 5) is 19.3. The number of hydrogen-bond acceptors (Lipinski definition) is 6. The second-order valence-electron chi connectivity index (χ2n) is 6.35. The fraction of sp³-hybridized carbons (Fsp3) is 0.278. The molecule has 0 fully saturated rings. The van der Waals surface area contributed by atoms with E-state index in [9.17, 15) is 18.0 Å². The summed E-state index contributed by atoms with van der Waals surface area (Å²) >= 11 is 1.36. The number of para-hydroxylation sites is 1. The van der Waals surface area contributed by atoms with E-state index >= 15 is 0 Å². The Kier molecular flexibility index (Phi) is 4.90. The smallest absolute Gasteiger partial charge is 0.329 e. The van der Waals surface area contributed by atoms with Gasteiger partial charge in [0.1, 0.15) is 0 Å². The Balaban J connectivity index is 1.42. The molecule has 1 amide bonds. The van der Waals surface area contributed by atoms with Crippen molar-refractivity contribution in [1.82, 2.24) is 15.0 Å². The number of fused-ring (bicyclic) bond motifs is 1. The number of alkyl halides is 3. The van der Waals surface area contributed by atoms with Gasteiger partial charge >= 0.3 is 12.1 Å². The van der Waals surface area contributed by atoms with Crippen LogP contribution in [0.4, 0.5) is 18.9 Å². The predicted molar refractivity (Wildman–Crippen MR) is 96.7 cm³/mol. The third kappa shape index (κ3) is 4.07. The summed E-state index contributed by atoms with van der Waals surface area (Å²) in [6, 6.07) is 11.0. The highest BCUT2D eigenvalue weighted by molar-refractivity contribution is 7.15. The number of amides is 1. The van der Waals surface area contributed by atoms with E-state index in [-0.39, 0.29) is 18.3 Å². The molecule has 0 saturated carbocycles. The number of thiophene rings is 1. The Hall–Kier alpha value is -2.72. The van der Waals surface area contributed by atoms with Crippen molar-refractivity contribution in [1.29, 1.82) is 0 Å². The molecule has 3 aromatic rings. The summed E-state index contributed by atoms with van der Waals surface area (Å²) in [5, 5.41) is 6.28. The number of carbonyl (C=O) groups is 1. The highest BCUT2D eigenvalue weighted by Gasteiger charge is 2.38. The number of anilines is 1. The van der Waals surface area contributed by atoms with Crippen LogP contribution in [-0.2, 0) is 23.9 Å². The molecule has 0 saturated heterocycles. The van der Waals surface area contributed by atoms with Crippen molar-refractivity contribution in [2.75, 3.05) is 18.4 Å². The van der Waals surface area contributed by atoms with Gasteiger partial charge in [0.05, 0.1) is 11.4 Å². The number of carbonyl (C=O) groups excluding carboxylic acids is 1. The van der Waals surface area contributed by atoms with Gasteiger partial charge in [-0.2, -0.15) is 18.2 Å². The van der Waals surface area contributed by atoms with Crippen LogP contribution in [0.1, 0.15) is 16.3 Å². The minimum absolute atomic E-state index is 0.0694. The quantitative estimate of drug-likeness (QED) is 0.711. The highest BCUT2D eigenvalue weighted by atomic mass is 32.1. The second-order valence-corrected chi connectivity index (χ2v) is 7.49. The average molecular weight is 408 g/mol. The number of halogens is 3. The lowest BCUT2D eigenvalue weighted by Gasteiger charge is -2.26. The molecule has 0 spiro atoms. The average Bonchev–Trinajstić information content (AvgIpc) is 3.28. The lowest BCUT2D eigenvalue weighted by atomic mass is 10.1. The monoisotopic (exact) mass is 408 g/mol. The van der Waals surface area contributed by atoms with Gasteiger partial charge in [0.15, 0.2) is 0 Å². The van der Waals surface area contributed by atoms with E-state index in [0.717, 1.165) is 16.1 Å². The van der Waals surface area contributed by atoms with Gasteiger partial charge in [-0.3, -0.25) is 9.69 Å². The SMILES string of the molecule is O=C(CN1CCc2sc(-c3noc(C(F)(F)F)n3)cc2C1)Nc1ccccc1. The molecule has 1 aliphatic heterocycles. The summed E-state index contributed by atoms with van der Waals surface area (Å²) in [6.07, 6.45) is -3.95. The number of rotatable bonds is 4. The number of aromatic nitrogens is 2. The lowest BCUT2D eigenvalue weighted by Crippen LogP contribution is -2.36. The molecule has 1 aromatic carbocycles. The minimum Gasteiger partial charge on any atom is -0.329 e. The number of nitrogens with one attached hydrogen (secondary N) is 1. The molecule has 0 aliphatic carbocycles. The van der Waals surface area contributed by atoms with E-state index in [1.165, 1.54) is 11.3 Å². The Labute approximate surface area is 162 Å². The number of nitrogens with zero attached hydrogens (tertiary/aromatic N) is 3.